The normalized spacial score (nSPS) is 25.9. The summed E-state index contributed by atoms with van der Waals surface area (Å²) in [6.45, 7) is 0.386. The molecular formula is C16H17N3O4S. The molecule has 0 radical (unpaired) electrons. The number of nitrogens with zero attached hydrogens (tertiary/aromatic N) is 3. The molecule has 2 saturated heterocycles. The van der Waals surface area contributed by atoms with Gasteiger partial charge in [0.25, 0.3) is 0 Å². The van der Waals surface area contributed by atoms with Crippen LogP contribution in [0.4, 0.5) is 0 Å². The van der Waals surface area contributed by atoms with Gasteiger partial charge >= 0.3 is 0 Å². The topological polar surface area (TPSA) is 67.5 Å². The van der Waals surface area contributed by atoms with Crippen LogP contribution in [0, 0.1) is 4.77 Å². The zero-order valence-corrected chi connectivity index (χ0v) is 14.2. The molecule has 2 aliphatic heterocycles. The first kappa shape index (κ1) is 15.5. The van der Waals surface area contributed by atoms with Gasteiger partial charge in [-0.2, -0.15) is 5.10 Å². The molecule has 1 aromatic carbocycles. The molecule has 0 N–H and O–H groups in total. The van der Waals surface area contributed by atoms with Crippen LogP contribution in [-0.4, -0.2) is 46.2 Å². The first-order valence-corrected chi connectivity index (χ1v) is 8.09. The molecule has 3 heterocycles. The number of carbonyl (C=O) groups is 1. The van der Waals surface area contributed by atoms with Gasteiger partial charge in [-0.05, 0) is 36.5 Å². The summed E-state index contributed by atoms with van der Waals surface area (Å²) in [6.07, 6.45) is -0.592. The molecule has 7 nitrogen and oxygen atoms in total. The maximum atomic E-state index is 12.0. The molecule has 0 aliphatic carbocycles. The minimum Gasteiger partial charge on any atom is -0.497 e. The number of carbonyl (C=O) groups excluding carboxylic acids is 1. The van der Waals surface area contributed by atoms with Gasteiger partial charge in [-0.25, -0.2) is 4.68 Å². The molecule has 0 amide bonds. The Labute approximate surface area is 143 Å². The third-order valence-corrected chi connectivity index (χ3v) is 4.94. The summed E-state index contributed by atoms with van der Waals surface area (Å²) < 4.78 is 20.3. The van der Waals surface area contributed by atoms with Crippen LogP contribution in [0.5, 0.6) is 5.75 Å². The first-order valence-electron chi connectivity index (χ1n) is 7.68. The summed E-state index contributed by atoms with van der Waals surface area (Å²) in [5.74, 6) is 1.45. The van der Waals surface area contributed by atoms with Gasteiger partial charge in [-0.3, -0.25) is 4.79 Å². The van der Waals surface area contributed by atoms with Crippen molar-refractivity contribution in [3.8, 4) is 17.1 Å². The van der Waals surface area contributed by atoms with E-state index in [1.165, 1.54) is 0 Å². The van der Waals surface area contributed by atoms with E-state index in [4.69, 9.17) is 26.4 Å². The molecule has 2 aliphatic rings. The molecule has 0 spiro atoms. The molecule has 0 unspecified atom stereocenters. The van der Waals surface area contributed by atoms with Crippen LogP contribution in [0.25, 0.3) is 11.4 Å². The van der Waals surface area contributed by atoms with Crippen molar-refractivity contribution < 1.29 is 19.0 Å². The Balaban J connectivity index is 1.73. The lowest BCUT2D eigenvalue weighted by molar-refractivity contribution is -0.156. The number of Topliss-reactive ketones (excluding diaryl/α,β-unsaturated/α-hetero) is 1. The fourth-order valence-electron chi connectivity index (χ4n) is 3.13. The van der Waals surface area contributed by atoms with Crippen LogP contribution < -0.4 is 4.74 Å². The molecule has 2 aromatic rings. The Hall–Kier alpha value is -2.03. The summed E-state index contributed by atoms with van der Waals surface area (Å²) in [7, 11) is 3.49. The van der Waals surface area contributed by atoms with Crippen molar-refractivity contribution in [3.63, 3.8) is 0 Å². The minimum absolute atomic E-state index is 0.0627. The van der Waals surface area contributed by atoms with E-state index in [0.717, 1.165) is 17.1 Å². The molecule has 126 valence electrons. The van der Waals surface area contributed by atoms with E-state index in [2.05, 4.69) is 5.10 Å². The van der Waals surface area contributed by atoms with Crippen LogP contribution in [0.1, 0.15) is 12.5 Å². The van der Waals surface area contributed by atoms with E-state index in [-0.39, 0.29) is 17.9 Å². The van der Waals surface area contributed by atoms with Gasteiger partial charge in [0, 0.05) is 19.0 Å². The monoisotopic (exact) mass is 347 g/mol. The SMILES string of the molecule is COc1ccc(-c2nn([C@H]3CC(=O)[C@H]4OC[C@H]3O4)c(=S)n2C)cc1. The predicted molar refractivity (Wildman–Crippen MR) is 87.3 cm³/mol. The summed E-state index contributed by atoms with van der Waals surface area (Å²) in [4.78, 5) is 12.0. The summed E-state index contributed by atoms with van der Waals surface area (Å²) in [5.41, 5.74) is 0.923. The van der Waals surface area contributed by atoms with E-state index in [0.29, 0.717) is 17.8 Å². The summed E-state index contributed by atoms with van der Waals surface area (Å²) in [6, 6.07) is 7.37. The second kappa shape index (κ2) is 5.80. The minimum atomic E-state index is -0.717. The molecule has 3 atom stereocenters. The predicted octanol–water partition coefficient (Wildman–Crippen LogP) is 1.88. The van der Waals surface area contributed by atoms with Crippen molar-refractivity contribution in [2.45, 2.75) is 24.9 Å². The number of rotatable bonds is 3. The van der Waals surface area contributed by atoms with Gasteiger partial charge in [0.15, 0.2) is 16.4 Å². The highest BCUT2D eigenvalue weighted by atomic mass is 32.1. The third-order valence-electron chi connectivity index (χ3n) is 4.48. The van der Waals surface area contributed by atoms with E-state index in [1.807, 2.05) is 35.9 Å². The van der Waals surface area contributed by atoms with Crippen LogP contribution in [0.2, 0.25) is 0 Å². The number of methoxy groups -OCH3 is 1. The Morgan fingerprint density at radius 1 is 1.33 bits per heavy atom. The average molecular weight is 347 g/mol. The Morgan fingerprint density at radius 2 is 2.08 bits per heavy atom. The quantitative estimate of drug-likeness (QED) is 0.790. The van der Waals surface area contributed by atoms with Crippen molar-refractivity contribution >= 4 is 18.0 Å². The lowest BCUT2D eigenvalue weighted by Gasteiger charge is -2.26. The molecular weight excluding hydrogens is 330 g/mol. The second-order valence-corrected chi connectivity index (χ2v) is 6.28. The summed E-state index contributed by atoms with van der Waals surface area (Å²) >= 11 is 5.53. The number of ether oxygens (including phenoxy) is 3. The van der Waals surface area contributed by atoms with Gasteiger partial charge in [0.1, 0.15) is 11.9 Å². The van der Waals surface area contributed by atoms with Gasteiger partial charge in [-0.1, -0.05) is 0 Å². The maximum absolute atomic E-state index is 12.0. The zero-order chi connectivity index (χ0) is 16.8. The number of aromatic nitrogens is 3. The molecule has 0 saturated carbocycles. The summed E-state index contributed by atoms with van der Waals surface area (Å²) in [5, 5.41) is 4.66. The lowest BCUT2D eigenvalue weighted by Crippen LogP contribution is -2.37. The number of hydrogen-bond acceptors (Lipinski definition) is 6. The molecule has 4 rings (SSSR count). The highest BCUT2D eigenvalue weighted by Crippen LogP contribution is 2.33. The molecule has 2 fully saturated rings. The smallest absolute Gasteiger partial charge is 0.218 e. The Bertz CT molecular complexity index is 842. The number of benzene rings is 1. The molecule has 24 heavy (non-hydrogen) atoms. The van der Waals surface area contributed by atoms with Crippen LogP contribution in [0.15, 0.2) is 24.3 Å². The maximum Gasteiger partial charge on any atom is 0.218 e. The first-order chi connectivity index (χ1) is 11.6. The van der Waals surface area contributed by atoms with E-state index in [1.54, 1.807) is 11.8 Å². The van der Waals surface area contributed by atoms with Gasteiger partial charge in [-0.15, -0.1) is 0 Å². The number of fused-ring (bicyclic) bond motifs is 2. The van der Waals surface area contributed by atoms with Gasteiger partial charge in [0.05, 0.1) is 19.8 Å². The van der Waals surface area contributed by atoms with Crippen molar-refractivity contribution in [2.24, 2.45) is 7.05 Å². The van der Waals surface area contributed by atoms with Crippen molar-refractivity contribution in [2.75, 3.05) is 13.7 Å². The second-order valence-electron chi connectivity index (χ2n) is 5.92. The van der Waals surface area contributed by atoms with E-state index >= 15 is 0 Å². The van der Waals surface area contributed by atoms with Crippen molar-refractivity contribution in [1.82, 2.24) is 14.3 Å². The van der Waals surface area contributed by atoms with E-state index in [9.17, 15) is 4.79 Å². The van der Waals surface area contributed by atoms with Crippen LogP contribution in [-0.2, 0) is 21.3 Å². The highest BCUT2D eigenvalue weighted by Gasteiger charge is 2.45. The van der Waals surface area contributed by atoms with Crippen LogP contribution in [0.3, 0.4) is 0 Å². The zero-order valence-electron chi connectivity index (χ0n) is 13.3. The number of ketones is 1. The molecule has 8 heteroatoms. The number of hydrogen-bond donors (Lipinski definition) is 0. The largest absolute Gasteiger partial charge is 0.497 e. The third kappa shape index (κ3) is 2.38. The fraction of sp³-hybridized carbons (Fsp3) is 0.438. The van der Waals surface area contributed by atoms with Crippen molar-refractivity contribution in [1.29, 1.82) is 0 Å². The average Bonchev–Trinajstić information content (AvgIpc) is 3.16. The highest BCUT2D eigenvalue weighted by molar-refractivity contribution is 7.71. The van der Waals surface area contributed by atoms with Gasteiger partial charge < -0.3 is 18.8 Å². The standard InChI is InChI=1S/C16H17N3O4S/c1-18-14(9-3-5-10(21-2)6-4-9)17-19(16(18)24)11-7-12(20)15-22-8-13(11)23-15/h3-6,11,13,15H,7-8H2,1-2H3/t11-,13+,15-/m0/s1. The van der Waals surface area contributed by atoms with Crippen LogP contribution >= 0.6 is 12.2 Å². The Morgan fingerprint density at radius 3 is 2.79 bits per heavy atom. The van der Waals surface area contributed by atoms with Gasteiger partial charge in [0.2, 0.25) is 6.29 Å². The lowest BCUT2D eigenvalue weighted by atomic mass is 10.0. The van der Waals surface area contributed by atoms with E-state index < -0.39 is 6.29 Å². The molecule has 2 bridgehead atoms. The fourth-order valence-corrected chi connectivity index (χ4v) is 3.39. The Kier molecular flexibility index (Phi) is 3.75. The molecule has 1 aromatic heterocycles. The van der Waals surface area contributed by atoms with Crippen molar-refractivity contribution in [3.05, 3.63) is 29.0 Å².